The second-order valence-corrected chi connectivity index (χ2v) is 8.28. The number of hydrogen-bond donors (Lipinski definition) is 1. The van der Waals surface area contributed by atoms with Gasteiger partial charge in [0.25, 0.3) is 0 Å². The van der Waals surface area contributed by atoms with Crippen LogP contribution in [0.3, 0.4) is 0 Å². The average Bonchev–Trinajstić information content (AvgIpc) is 3.30. The summed E-state index contributed by atoms with van der Waals surface area (Å²) in [5, 5.41) is 3.54. The normalized spacial score (nSPS) is 20.0. The summed E-state index contributed by atoms with van der Waals surface area (Å²) in [7, 11) is 1.85. The van der Waals surface area contributed by atoms with E-state index in [4.69, 9.17) is 4.74 Å². The third-order valence-corrected chi connectivity index (χ3v) is 6.04. The molecule has 0 radical (unpaired) electrons. The zero-order valence-electron chi connectivity index (χ0n) is 18.4. The number of morpholine rings is 1. The van der Waals surface area contributed by atoms with Gasteiger partial charge in [-0.15, -0.1) is 0 Å². The van der Waals surface area contributed by atoms with Gasteiger partial charge in [0, 0.05) is 39.4 Å². The number of nitrogens with zero attached hydrogens (tertiary/aromatic N) is 4. The van der Waals surface area contributed by atoms with Crippen LogP contribution in [0, 0.1) is 13.8 Å². The number of hydrogen-bond acceptors (Lipinski definition) is 4. The summed E-state index contributed by atoms with van der Waals surface area (Å²) in [6.07, 6.45) is 4.50. The van der Waals surface area contributed by atoms with E-state index in [1.165, 1.54) is 35.1 Å². The molecule has 6 heteroatoms. The summed E-state index contributed by atoms with van der Waals surface area (Å²) >= 11 is 0. The lowest BCUT2D eigenvalue weighted by atomic mass is 10.00. The maximum Gasteiger partial charge on any atom is 0.194 e. The van der Waals surface area contributed by atoms with Gasteiger partial charge in [-0.25, -0.2) is 4.98 Å². The highest BCUT2D eigenvalue weighted by atomic mass is 16.5. The van der Waals surface area contributed by atoms with Crippen LogP contribution in [0.25, 0.3) is 0 Å². The average molecular weight is 408 g/mol. The number of pyridine rings is 1. The van der Waals surface area contributed by atoms with Crippen molar-refractivity contribution in [1.82, 2.24) is 15.2 Å². The quantitative estimate of drug-likeness (QED) is 0.622. The molecule has 4 rings (SSSR count). The van der Waals surface area contributed by atoms with Crippen molar-refractivity contribution in [2.24, 2.45) is 4.99 Å². The topological polar surface area (TPSA) is 53.0 Å². The minimum atomic E-state index is 0.0700. The summed E-state index contributed by atoms with van der Waals surface area (Å²) in [4.78, 5) is 13.8. The van der Waals surface area contributed by atoms with Gasteiger partial charge in [-0.1, -0.05) is 23.8 Å². The molecule has 2 fully saturated rings. The van der Waals surface area contributed by atoms with E-state index in [0.717, 1.165) is 44.5 Å². The van der Waals surface area contributed by atoms with E-state index in [1.54, 1.807) is 0 Å². The lowest BCUT2D eigenvalue weighted by Gasteiger charge is -2.36. The Balaban J connectivity index is 1.39. The predicted molar refractivity (Wildman–Crippen MR) is 122 cm³/mol. The minimum Gasteiger partial charge on any atom is -0.370 e. The molecule has 160 valence electrons. The summed E-state index contributed by atoms with van der Waals surface area (Å²) in [6, 6.07) is 10.9. The number of anilines is 1. The van der Waals surface area contributed by atoms with Crippen molar-refractivity contribution < 1.29 is 4.74 Å². The zero-order chi connectivity index (χ0) is 20.9. The predicted octanol–water partition coefficient (Wildman–Crippen LogP) is 3.45. The number of aromatic nitrogens is 1. The molecule has 0 saturated carbocycles. The molecule has 0 bridgehead atoms. The fourth-order valence-corrected chi connectivity index (χ4v) is 4.42. The number of benzene rings is 1. The fourth-order valence-electron chi connectivity index (χ4n) is 4.42. The molecule has 1 aromatic carbocycles. The monoisotopic (exact) mass is 407 g/mol. The van der Waals surface area contributed by atoms with Gasteiger partial charge in [0.05, 0.1) is 13.2 Å². The Morgan fingerprint density at radius 2 is 2.00 bits per heavy atom. The number of aryl methyl sites for hydroxylation is 2. The minimum absolute atomic E-state index is 0.0700. The second kappa shape index (κ2) is 9.47. The maximum absolute atomic E-state index is 6.11. The summed E-state index contributed by atoms with van der Waals surface area (Å²) < 4.78 is 6.11. The van der Waals surface area contributed by atoms with Crippen molar-refractivity contribution in [3.8, 4) is 0 Å². The van der Waals surface area contributed by atoms with E-state index in [9.17, 15) is 0 Å². The van der Waals surface area contributed by atoms with Crippen LogP contribution in [0.15, 0.2) is 41.5 Å². The highest BCUT2D eigenvalue weighted by Gasteiger charge is 2.25. The molecule has 6 nitrogen and oxygen atoms in total. The van der Waals surface area contributed by atoms with Gasteiger partial charge in [-0.3, -0.25) is 4.99 Å². The molecule has 0 aliphatic carbocycles. The molecule has 3 heterocycles. The van der Waals surface area contributed by atoms with Crippen LogP contribution in [0.1, 0.15) is 41.2 Å². The van der Waals surface area contributed by atoms with Gasteiger partial charge >= 0.3 is 0 Å². The number of guanidine groups is 1. The van der Waals surface area contributed by atoms with E-state index in [1.807, 2.05) is 13.2 Å². The van der Waals surface area contributed by atoms with Crippen LogP contribution < -0.4 is 10.2 Å². The van der Waals surface area contributed by atoms with E-state index in [-0.39, 0.29) is 6.10 Å². The highest BCUT2D eigenvalue weighted by molar-refractivity contribution is 5.80. The lowest BCUT2D eigenvalue weighted by molar-refractivity contribution is -0.00834. The molecular formula is C24H33N5O. The Morgan fingerprint density at radius 3 is 2.77 bits per heavy atom. The number of rotatable bonds is 4. The third-order valence-electron chi connectivity index (χ3n) is 6.04. The van der Waals surface area contributed by atoms with Crippen molar-refractivity contribution in [2.75, 3.05) is 44.7 Å². The van der Waals surface area contributed by atoms with E-state index >= 15 is 0 Å². The van der Waals surface area contributed by atoms with E-state index < -0.39 is 0 Å². The molecule has 1 unspecified atom stereocenters. The van der Waals surface area contributed by atoms with Gasteiger partial charge in [0.2, 0.25) is 0 Å². The molecule has 2 aliphatic rings. The molecule has 2 aliphatic heterocycles. The van der Waals surface area contributed by atoms with Crippen LogP contribution in [-0.4, -0.2) is 55.7 Å². The highest BCUT2D eigenvalue weighted by Crippen LogP contribution is 2.26. The number of nitrogens with one attached hydrogen (secondary N) is 1. The summed E-state index contributed by atoms with van der Waals surface area (Å²) in [5.74, 6) is 2.01. The Labute approximate surface area is 180 Å². The molecular weight excluding hydrogens is 374 g/mol. The molecule has 2 aromatic rings. The Bertz CT molecular complexity index is 891. The van der Waals surface area contributed by atoms with Crippen molar-refractivity contribution in [1.29, 1.82) is 0 Å². The molecule has 0 spiro atoms. The lowest BCUT2D eigenvalue weighted by Crippen LogP contribution is -2.48. The largest absolute Gasteiger partial charge is 0.370 e. The van der Waals surface area contributed by atoms with Gasteiger partial charge in [-0.05, 0) is 55.5 Å². The summed E-state index contributed by atoms with van der Waals surface area (Å²) in [5.41, 5.74) is 5.07. The van der Waals surface area contributed by atoms with Crippen molar-refractivity contribution in [2.45, 2.75) is 39.3 Å². The first-order valence-corrected chi connectivity index (χ1v) is 11.0. The SMILES string of the molecule is CN=C(NCc1ccnc(N2CCCC2)c1)N1CCOC(c2ccc(C)cc2C)C1. The molecule has 2 saturated heterocycles. The molecule has 30 heavy (non-hydrogen) atoms. The fraction of sp³-hybridized carbons (Fsp3) is 0.500. The first kappa shape index (κ1) is 20.7. The van der Waals surface area contributed by atoms with Crippen LogP contribution in [0.5, 0.6) is 0 Å². The van der Waals surface area contributed by atoms with Crippen LogP contribution in [0.4, 0.5) is 5.82 Å². The standard InChI is InChI=1S/C24H33N5O/c1-18-6-7-21(19(2)14-18)22-17-29(12-13-30-22)24(25-3)27-16-20-8-9-26-23(15-20)28-10-4-5-11-28/h6-9,14-15,22H,4-5,10-13,16-17H2,1-3H3,(H,25,27). The molecule has 1 aromatic heterocycles. The number of ether oxygens (including phenoxy) is 1. The third kappa shape index (κ3) is 4.75. The Kier molecular flexibility index (Phi) is 6.53. The van der Waals surface area contributed by atoms with E-state index in [2.05, 4.69) is 69.3 Å². The first-order valence-electron chi connectivity index (χ1n) is 11.0. The van der Waals surface area contributed by atoms with E-state index in [0.29, 0.717) is 6.61 Å². The van der Waals surface area contributed by atoms with Crippen molar-refractivity contribution >= 4 is 11.8 Å². The van der Waals surface area contributed by atoms with Gasteiger partial charge in [0.1, 0.15) is 11.9 Å². The van der Waals surface area contributed by atoms with Crippen molar-refractivity contribution in [3.05, 3.63) is 58.8 Å². The Morgan fingerprint density at radius 1 is 1.17 bits per heavy atom. The Hall–Kier alpha value is -2.60. The smallest absolute Gasteiger partial charge is 0.194 e. The van der Waals surface area contributed by atoms with Gasteiger partial charge in [0.15, 0.2) is 5.96 Å². The molecule has 0 amide bonds. The maximum atomic E-state index is 6.11. The second-order valence-electron chi connectivity index (χ2n) is 8.28. The molecule has 1 atom stereocenters. The van der Waals surface area contributed by atoms with Crippen molar-refractivity contribution in [3.63, 3.8) is 0 Å². The van der Waals surface area contributed by atoms with Gasteiger partial charge < -0.3 is 19.9 Å². The van der Waals surface area contributed by atoms with Gasteiger partial charge in [-0.2, -0.15) is 0 Å². The zero-order valence-corrected chi connectivity index (χ0v) is 18.4. The molecule has 1 N–H and O–H groups in total. The number of aliphatic imine (C=N–C) groups is 1. The van der Waals surface area contributed by atoms with Crippen LogP contribution >= 0.6 is 0 Å². The first-order chi connectivity index (χ1) is 14.6. The van der Waals surface area contributed by atoms with Crippen LogP contribution in [-0.2, 0) is 11.3 Å². The summed E-state index contributed by atoms with van der Waals surface area (Å²) in [6.45, 7) is 9.60. The van der Waals surface area contributed by atoms with Crippen LogP contribution in [0.2, 0.25) is 0 Å².